The number of carbonyl (C=O) groups excluding carboxylic acids is 2. The Hall–Kier alpha value is -1.83. The van der Waals surface area contributed by atoms with E-state index in [0.29, 0.717) is 37.6 Å². The highest BCUT2D eigenvalue weighted by Gasteiger charge is 2.35. The molecule has 148 valence electrons. The first-order chi connectivity index (χ1) is 12.7. The third-order valence-electron chi connectivity index (χ3n) is 4.70. The first-order valence-electron chi connectivity index (χ1n) is 9.26. The number of hydrogen-bond acceptors (Lipinski definition) is 5. The SMILES string of the molecule is CC(C)(C)OC(=O)N1CCN(C(=O)C2CC(c3cccc(Cl)c3)NN2)CC1. The number of nitrogens with one attached hydrogen (secondary N) is 2. The fourth-order valence-electron chi connectivity index (χ4n) is 3.32. The summed E-state index contributed by atoms with van der Waals surface area (Å²) in [6, 6.07) is 7.40. The first-order valence-corrected chi connectivity index (χ1v) is 9.64. The second kappa shape index (κ2) is 8.04. The minimum atomic E-state index is -0.515. The van der Waals surface area contributed by atoms with Gasteiger partial charge in [0.25, 0.3) is 0 Å². The number of amides is 2. The van der Waals surface area contributed by atoms with Gasteiger partial charge in [-0.25, -0.2) is 15.6 Å². The Morgan fingerprint density at radius 2 is 1.78 bits per heavy atom. The lowest BCUT2D eigenvalue weighted by molar-refractivity contribution is -0.135. The molecule has 2 fully saturated rings. The third-order valence-corrected chi connectivity index (χ3v) is 4.93. The van der Waals surface area contributed by atoms with Crippen LogP contribution in [0, 0.1) is 0 Å². The van der Waals surface area contributed by atoms with Crippen molar-refractivity contribution in [3.05, 3.63) is 34.9 Å². The Labute approximate surface area is 164 Å². The molecule has 2 atom stereocenters. The number of ether oxygens (including phenoxy) is 1. The van der Waals surface area contributed by atoms with Gasteiger partial charge in [-0.3, -0.25) is 4.79 Å². The molecule has 0 aromatic heterocycles. The molecule has 0 saturated carbocycles. The van der Waals surface area contributed by atoms with Crippen LogP contribution >= 0.6 is 11.6 Å². The van der Waals surface area contributed by atoms with Crippen molar-refractivity contribution in [1.82, 2.24) is 20.7 Å². The molecule has 2 amide bonds. The number of carbonyl (C=O) groups is 2. The van der Waals surface area contributed by atoms with Crippen LogP contribution in [-0.4, -0.2) is 59.6 Å². The van der Waals surface area contributed by atoms with Crippen molar-refractivity contribution in [2.24, 2.45) is 0 Å². The Morgan fingerprint density at radius 3 is 2.41 bits per heavy atom. The number of rotatable bonds is 2. The Kier molecular flexibility index (Phi) is 5.93. The Balaban J connectivity index is 1.51. The maximum atomic E-state index is 12.8. The van der Waals surface area contributed by atoms with E-state index in [1.54, 1.807) is 9.80 Å². The lowest BCUT2D eigenvalue weighted by Crippen LogP contribution is -2.55. The van der Waals surface area contributed by atoms with Crippen LogP contribution < -0.4 is 10.9 Å². The monoisotopic (exact) mass is 394 g/mol. The molecule has 0 radical (unpaired) electrons. The van der Waals surface area contributed by atoms with Crippen molar-refractivity contribution in [2.45, 2.75) is 44.9 Å². The van der Waals surface area contributed by atoms with E-state index in [1.165, 1.54) is 0 Å². The molecule has 27 heavy (non-hydrogen) atoms. The summed E-state index contributed by atoms with van der Waals surface area (Å²) in [7, 11) is 0. The highest BCUT2D eigenvalue weighted by atomic mass is 35.5. The van der Waals surface area contributed by atoms with Gasteiger partial charge in [-0.1, -0.05) is 23.7 Å². The zero-order valence-corrected chi connectivity index (χ0v) is 16.8. The molecule has 3 rings (SSSR count). The van der Waals surface area contributed by atoms with Crippen LogP contribution in [-0.2, 0) is 9.53 Å². The molecule has 1 aromatic carbocycles. The van der Waals surface area contributed by atoms with E-state index in [1.807, 2.05) is 45.0 Å². The highest BCUT2D eigenvalue weighted by Crippen LogP contribution is 2.25. The first kappa shape index (κ1) is 19.9. The molecule has 0 aliphatic carbocycles. The van der Waals surface area contributed by atoms with Gasteiger partial charge in [0.1, 0.15) is 11.6 Å². The van der Waals surface area contributed by atoms with Gasteiger partial charge in [0.15, 0.2) is 0 Å². The van der Waals surface area contributed by atoms with Gasteiger partial charge in [0.2, 0.25) is 5.91 Å². The van der Waals surface area contributed by atoms with E-state index in [2.05, 4.69) is 10.9 Å². The van der Waals surface area contributed by atoms with E-state index >= 15 is 0 Å². The zero-order chi connectivity index (χ0) is 19.6. The van der Waals surface area contributed by atoms with Crippen molar-refractivity contribution in [1.29, 1.82) is 0 Å². The molecule has 1 aromatic rings. The summed E-state index contributed by atoms with van der Waals surface area (Å²) in [6.07, 6.45) is 0.335. The lowest BCUT2D eigenvalue weighted by Gasteiger charge is -2.36. The average Bonchev–Trinajstić information content (AvgIpc) is 3.10. The lowest BCUT2D eigenvalue weighted by atomic mass is 10.0. The maximum absolute atomic E-state index is 12.8. The van der Waals surface area contributed by atoms with Gasteiger partial charge in [0.05, 0.1) is 0 Å². The second-order valence-corrected chi connectivity index (χ2v) is 8.41. The molecule has 0 bridgehead atoms. The molecular formula is C19H27ClN4O3. The van der Waals surface area contributed by atoms with Crippen LogP contribution in [0.4, 0.5) is 4.79 Å². The molecule has 7 nitrogen and oxygen atoms in total. The number of benzene rings is 1. The molecular weight excluding hydrogens is 368 g/mol. The van der Waals surface area contributed by atoms with Gasteiger partial charge >= 0.3 is 6.09 Å². The van der Waals surface area contributed by atoms with Gasteiger partial charge in [-0.05, 0) is 44.9 Å². The van der Waals surface area contributed by atoms with Crippen LogP contribution in [0.1, 0.15) is 38.8 Å². The number of halogens is 1. The number of hydrazine groups is 1. The zero-order valence-electron chi connectivity index (χ0n) is 16.0. The van der Waals surface area contributed by atoms with Crippen molar-refractivity contribution in [3.8, 4) is 0 Å². The van der Waals surface area contributed by atoms with Gasteiger partial charge in [-0.15, -0.1) is 0 Å². The smallest absolute Gasteiger partial charge is 0.410 e. The molecule has 2 aliphatic heterocycles. The fourth-order valence-corrected chi connectivity index (χ4v) is 3.52. The molecule has 2 saturated heterocycles. The van der Waals surface area contributed by atoms with Crippen LogP contribution in [0.2, 0.25) is 5.02 Å². The predicted molar refractivity (Wildman–Crippen MR) is 103 cm³/mol. The van der Waals surface area contributed by atoms with Gasteiger partial charge in [0, 0.05) is 37.2 Å². The highest BCUT2D eigenvalue weighted by molar-refractivity contribution is 6.30. The van der Waals surface area contributed by atoms with E-state index in [4.69, 9.17) is 16.3 Å². The van der Waals surface area contributed by atoms with E-state index < -0.39 is 5.60 Å². The van der Waals surface area contributed by atoms with Crippen molar-refractivity contribution in [2.75, 3.05) is 26.2 Å². The Bertz CT molecular complexity index is 698. The van der Waals surface area contributed by atoms with Crippen LogP contribution in [0.25, 0.3) is 0 Å². The van der Waals surface area contributed by atoms with Crippen molar-refractivity contribution >= 4 is 23.6 Å². The summed E-state index contributed by atoms with van der Waals surface area (Å²) in [5.41, 5.74) is 6.82. The van der Waals surface area contributed by atoms with E-state index in [9.17, 15) is 9.59 Å². The standard InChI is InChI=1S/C19H27ClN4O3/c1-19(2,3)27-18(26)24-9-7-23(8-10-24)17(25)16-12-15(21-22-16)13-5-4-6-14(20)11-13/h4-6,11,15-16,21-22H,7-10,12H2,1-3H3. The quantitative estimate of drug-likeness (QED) is 0.805. The summed E-state index contributed by atoms with van der Waals surface area (Å²) in [6.45, 7) is 7.53. The number of hydrogen-bond donors (Lipinski definition) is 2. The maximum Gasteiger partial charge on any atom is 0.410 e. The Morgan fingerprint density at radius 1 is 1.11 bits per heavy atom. The van der Waals surface area contributed by atoms with Gasteiger partial charge < -0.3 is 14.5 Å². The molecule has 2 aliphatic rings. The topological polar surface area (TPSA) is 73.9 Å². The molecule has 2 heterocycles. The summed E-state index contributed by atoms with van der Waals surface area (Å²) >= 11 is 6.06. The summed E-state index contributed by atoms with van der Waals surface area (Å²) < 4.78 is 5.40. The molecule has 0 spiro atoms. The molecule has 2 N–H and O–H groups in total. The van der Waals surface area contributed by atoms with Crippen molar-refractivity contribution < 1.29 is 14.3 Å². The summed E-state index contributed by atoms with van der Waals surface area (Å²) in [4.78, 5) is 28.4. The van der Waals surface area contributed by atoms with Crippen LogP contribution in [0.3, 0.4) is 0 Å². The summed E-state index contributed by atoms with van der Waals surface area (Å²) in [5.74, 6) is 0.0517. The normalized spacial score (nSPS) is 23.4. The van der Waals surface area contributed by atoms with Crippen LogP contribution in [0.5, 0.6) is 0 Å². The molecule has 2 unspecified atom stereocenters. The van der Waals surface area contributed by atoms with Crippen LogP contribution in [0.15, 0.2) is 24.3 Å². The minimum Gasteiger partial charge on any atom is -0.444 e. The van der Waals surface area contributed by atoms with E-state index in [-0.39, 0.29) is 24.1 Å². The third kappa shape index (κ3) is 5.12. The molecule has 8 heteroatoms. The second-order valence-electron chi connectivity index (χ2n) is 7.98. The predicted octanol–water partition coefficient (Wildman–Crippen LogP) is 2.33. The minimum absolute atomic E-state index is 0.0423. The van der Waals surface area contributed by atoms with Crippen molar-refractivity contribution in [3.63, 3.8) is 0 Å². The summed E-state index contributed by atoms with van der Waals surface area (Å²) in [5, 5.41) is 0.683. The number of piperazine rings is 1. The fraction of sp³-hybridized carbons (Fsp3) is 0.579. The van der Waals surface area contributed by atoms with E-state index in [0.717, 1.165) is 5.56 Å². The number of nitrogens with zero attached hydrogens (tertiary/aromatic N) is 2. The van der Waals surface area contributed by atoms with Gasteiger partial charge in [-0.2, -0.15) is 0 Å². The largest absolute Gasteiger partial charge is 0.444 e. The average molecular weight is 395 g/mol.